The van der Waals surface area contributed by atoms with Gasteiger partial charge in [0, 0.05) is 42.3 Å². The number of nitrogens with one attached hydrogen (secondary N) is 1. The van der Waals surface area contributed by atoms with Crippen LogP contribution in [0, 0.1) is 11.8 Å². The lowest BCUT2D eigenvalue weighted by molar-refractivity contribution is -0.137. The van der Waals surface area contributed by atoms with E-state index in [4.69, 9.17) is 28.3 Å². The van der Waals surface area contributed by atoms with Gasteiger partial charge in [0.2, 0.25) is 10.9 Å². The van der Waals surface area contributed by atoms with Gasteiger partial charge in [0.25, 0.3) is 5.91 Å². The summed E-state index contributed by atoms with van der Waals surface area (Å²) in [6.07, 6.45) is -1.95. The van der Waals surface area contributed by atoms with Gasteiger partial charge in [-0.3, -0.25) is 10.2 Å². The molecule has 1 amide bonds. The molecule has 1 unspecified atom stereocenters. The van der Waals surface area contributed by atoms with E-state index in [0.717, 1.165) is 35.8 Å². The van der Waals surface area contributed by atoms with Gasteiger partial charge in [0.05, 0.1) is 44.4 Å². The van der Waals surface area contributed by atoms with E-state index in [0.29, 0.717) is 51.2 Å². The number of carbonyl (C=O) groups is 1. The minimum absolute atomic E-state index is 0.0241. The summed E-state index contributed by atoms with van der Waals surface area (Å²) in [7, 11) is -3.20. The molecule has 10 nitrogen and oxygen atoms in total. The van der Waals surface area contributed by atoms with Crippen LogP contribution >= 0.6 is 34.5 Å². The van der Waals surface area contributed by atoms with Gasteiger partial charge in [-0.05, 0) is 73.9 Å². The number of amides is 1. The first kappa shape index (κ1) is 36.3. The summed E-state index contributed by atoms with van der Waals surface area (Å²) in [5.41, 5.74) is 3.56. The molecule has 264 valence electrons. The van der Waals surface area contributed by atoms with Crippen molar-refractivity contribution in [3.8, 4) is 28.1 Å². The summed E-state index contributed by atoms with van der Waals surface area (Å²) < 4.78 is 67.1. The number of β-amino-alcohol motifs (C(OH)–C–C–N with tert-alkyl or cyclic N) is 1. The van der Waals surface area contributed by atoms with E-state index in [1.165, 1.54) is 39.2 Å². The van der Waals surface area contributed by atoms with Crippen molar-refractivity contribution in [1.82, 2.24) is 29.6 Å². The van der Waals surface area contributed by atoms with Crippen LogP contribution in [0.2, 0.25) is 10.0 Å². The summed E-state index contributed by atoms with van der Waals surface area (Å²) in [5, 5.41) is 18.9. The molecule has 0 spiro atoms. The topological polar surface area (TPSA) is 111 Å². The molecular weight excluding hydrogens is 736 g/mol. The van der Waals surface area contributed by atoms with Crippen molar-refractivity contribution in [2.45, 2.75) is 44.5 Å². The molecule has 17 heteroatoms. The average Bonchev–Trinajstić information content (AvgIpc) is 3.81. The number of carbonyl (C=O) groups excluding carboxylic acids is 1. The van der Waals surface area contributed by atoms with Crippen LogP contribution in [0.4, 0.5) is 13.2 Å². The summed E-state index contributed by atoms with van der Waals surface area (Å²) in [6, 6.07) is 12.8. The van der Waals surface area contributed by atoms with Crippen molar-refractivity contribution in [3.05, 3.63) is 91.9 Å². The van der Waals surface area contributed by atoms with Gasteiger partial charge in [0.15, 0.2) is 5.69 Å². The zero-order valence-corrected chi connectivity index (χ0v) is 29.5. The molecule has 0 saturated carbocycles. The molecule has 4 aromatic rings. The molecule has 2 saturated heterocycles. The van der Waals surface area contributed by atoms with Crippen molar-refractivity contribution >= 4 is 51.3 Å². The number of rotatable bonds is 8. The normalized spacial score (nSPS) is 17.3. The number of halogens is 5. The van der Waals surface area contributed by atoms with Crippen molar-refractivity contribution in [2.24, 2.45) is 0 Å². The highest BCUT2D eigenvalue weighted by Gasteiger charge is 2.34. The Morgan fingerprint density at radius 3 is 2.42 bits per heavy atom. The zero-order valence-electron chi connectivity index (χ0n) is 26.3. The van der Waals surface area contributed by atoms with Crippen LogP contribution in [0.5, 0.6) is 0 Å². The summed E-state index contributed by atoms with van der Waals surface area (Å²) in [6.45, 7) is 1.39. The second-order valence-electron chi connectivity index (χ2n) is 11.8. The molecule has 1 atom stereocenters. The van der Waals surface area contributed by atoms with E-state index in [2.05, 4.69) is 17.3 Å². The van der Waals surface area contributed by atoms with E-state index >= 15 is 0 Å². The lowest BCUT2D eigenvalue weighted by Gasteiger charge is -2.27. The fraction of sp³-hybridized carbons (Fsp3) is 0.333. The molecule has 6 rings (SSSR count). The van der Waals surface area contributed by atoms with Gasteiger partial charge in [-0.2, -0.15) is 18.3 Å². The highest BCUT2D eigenvalue weighted by atomic mass is 35.5. The van der Waals surface area contributed by atoms with Crippen molar-refractivity contribution in [2.75, 3.05) is 26.2 Å². The minimum Gasteiger partial charge on any atom is -0.392 e. The van der Waals surface area contributed by atoms with Crippen LogP contribution in [0.15, 0.2) is 54.6 Å². The largest absolute Gasteiger partial charge is 0.416 e. The average molecular weight is 768 g/mol. The molecule has 2 N–H and O–H groups in total. The number of nitrogens with zero attached hydrogens (tertiary/aromatic N) is 5. The number of hydrazine groups is 2. The number of hydrogen-bond acceptors (Lipinski definition) is 8. The number of alkyl halides is 3. The number of benzene rings is 2. The Labute approximate surface area is 302 Å². The Morgan fingerprint density at radius 2 is 1.78 bits per heavy atom. The highest BCUT2D eigenvalue weighted by molar-refractivity contribution is 7.69. The molecule has 0 radical (unpaired) electrons. The second-order valence-corrected chi connectivity index (χ2v) is 14.6. The van der Waals surface area contributed by atoms with Gasteiger partial charge >= 0.3 is 6.18 Å². The molecule has 4 heterocycles. The second kappa shape index (κ2) is 15.4. The lowest BCUT2D eigenvalue weighted by atomic mass is 10.1. The van der Waals surface area contributed by atoms with Gasteiger partial charge < -0.3 is 5.11 Å². The molecule has 2 aliphatic rings. The lowest BCUT2D eigenvalue weighted by Crippen LogP contribution is -2.45. The van der Waals surface area contributed by atoms with E-state index in [1.54, 1.807) is 24.3 Å². The predicted molar refractivity (Wildman–Crippen MR) is 185 cm³/mol. The number of aliphatic hydroxyl groups excluding tert-OH is 1. The minimum atomic E-state index is -4.46. The smallest absolute Gasteiger partial charge is 0.392 e. The van der Waals surface area contributed by atoms with Gasteiger partial charge in [-0.15, -0.1) is 15.8 Å². The number of thiophene rings is 1. The zero-order chi connectivity index (χ0) is 35.6. The standard InChI is InChI=1S/C33H31Cl2F3N6O4S2/c34-23-9-12-28(27(35)18-23)44-31(29-13-11-25(49-29)10-6-21-4-7-22(8-5-21)33(36,37)38)26(20-43(50(47)48)42-17-14-24(45)19-42)30(39-44)32(46)40-41-15-2-1-3-16-41/h4-5,7-9,11-13,18,24,45,50H,1-3,14-17,19-20H2,(H,40,46). The van der Waals surface area contributed by atoms with Crippen molar-refractivity contribution in [1.29, 1.82) is 0 Å². The monoisotopic (exact) mass is 766 g/mol. The van der Waals surface area contributed by atoms with Crippen LogP contribution in [0.1, 0.15) is 57.7 Å². The van der Waals surface area contributed by atoms with E-state index in [-0.39, 0.29) is 35.9 Å². The Kier molecular flexibility index (Phi) is 11.2. The summed E-state index contributed by atoms with van der Waals surface area (Å²) >= 11 is 14.1. The van der Waals surface area contributed by atoms with Gasteiger partial charge in [-0.1, -0.05) is 41.5 Å². The first-order valence-corrected chi connectivity index (χ1v) is 18.3. The Bertz CT molecular complexity index is 2010. The maximum atomic E-state index is 14.0. The maximum absolute atomic E-state index is 14.0. The van der Waals surface area contributed by atoms with E-state index < -0.39 is 34.6 Å². The predicted octanol–water partition coefficient (Wildman–Crippen LogP) is 5.77. The van der Waals surface area contributed by atoms with Crippen LogP contribution in [0.3, 0.4) is 0 Å². The Hall–Kier alpha value is -3.46. The Balaban J connectivity index is 1.47. The molecule has 50 heavy (non-hydrogen) atoms. The summed E-state index contributed by atoms with van der Waals surface area (Å²) in [4.78, 5) is 15.1. The maximum Gasteiger partial charge on any atom is 0.416 e. The third-order valence-electron chi connectivity index (χ3n) is 8.29. The molecule has 2 aromatic heterocycles. The molecule has 0 aliphatic carbocycles. The third-order valence-corrected chi connectivity index (χ3v) is 10.6. The van der Waals surface area contributed by atoms with Crippen LogP contribution in [-0.2, 0) is 23.6 Å². The molecule has 2 aromatic carbocycles. The van der Waals surface area contributed by atoms with Crippen molar-refractivity contribution < 1.29 is 31.5 Å². The molecule has 2 aliphatic heterocycles. The fourth-order valence-electron chi connectivity index (χ4n) is 5.81. The first-order valence-electron chi connectivity index (χ1n) is 15.6. The number of aromatic nitrogens is 2. The first-order chi connectivity index (χ1) is 23.9. The van der Waals surface area contributed by atoms with Crippen LogP contribution in [0.25, 0.3) is 16.3 Å². The fourth-order valence-corrected chi connectivity index (χ4v) is 7.84. The highest BCUT2D eigenvalue weighted by Crippen LogP contribution is 2.38. The number of piperidine rings is 1. The number of aliphatic hydroxyl groups is 1. The van der Waals surface area contributed by atoms with E-state index in [1.807, 2.05) is 5.01 Å². The quantitative estimate of drug-likeness (QED) is 0.155. The van der Waals surface area contributed by atoms with Crippen LogP contribution in [-0.4, -0.2) is 75.9 Å². The van der Waals surface area contributed by atoms with Crippen molar-refractivity contribution in [3.63, 3.8) is 0 Å². The Morgan fingerprint density at radius 1 is 1.04 bits per heavy atom. The van der Waals surface area contributed by atoms with Gasteiger partial charge in [0.1, 0.15) is 0 Å². The number of thiol groups is 1. The molecule has 2 fully saturated rings. The van der Waals surface area contributed by atoms with Crippen LogP contribution < -0.4 is 5.43 Å². The van der Waals surface area contributed by atoms with E-state index in [9.17, 15) is 31.5 Å². The SMILES string of the molecule is O=C(NN1CCCCC1)c1nn(-c2ccc(Cl)cc2Cl)c(-c2ccc(C#Cc3ccc(C(F)(F)F)cc3)s2)c1CN(N1CCC(O)C1)[SH](=O)=O. The molecular formula is C33H31Cl2F3N6O4S2. The number of hydrogen-bond donors (Lipinski definition) is 3. The summed E-state index contributed by atoms with van der Waals surface area (Å²) in [5.74, 6) is 5.33. The van der Waals surface area contributed by atoms with Gasteiger partial charge in [-0.25, -0.2) is 23.1 Å². The molecule has 0 bridgehead atoms. The third kappa shape index (κ3) is 8.35.